The van der Waals surface area contributed by atoms with Crippen LogP contribution < -0.4 is 9.64 Å². The van der Waals surface area contributed by atoms with Gasteiger partial charge in [0.15, 0.2) is 9.84 Å². The van der Waals surface area contributed by atoms with Crippen LogP contribution in [-0.2, 0) is 14.6 Å². The molecule has 0 radical (unpaired) electrons. The highest BCUT2D eigenvalue weighted by Crippen LogP contribution is 2.48. The van der Waals surface area contributed by atoms with E-state index in [0.29, 0.717) is 41.9 Å². The van der Waals surface area contributed by atoms with Crippen molar-refractivity contribution >= 4 is 44.6 Å². The molecule has 1 N–H and O–H groups in total. The minimum Gasteiger partial charge on any atom is -0.476 e. The average Bonchev–Trinajstić information content (AvgIpc) is 3.00. The van der Waals surface area contributed by atoms with Gasteiger partial charge in [0, 0.05) is 35.8 Å². The van der Waals surface area contributed by atoms with Crippen molar-refractivity contribution in [2.75, 3.05) is 23.5 Å². The Morgan fingerprint density at radius 2 is 1.82 bits per heavy atom. The quantitative estimate of drug-likeness (QED) is 0.0939. The Balaban J connectivity index is 2.27. The number of sulfone groups is 1. The summed E-state index contributed by atoms with van der Waals surface area (Å²) in [5.74, 6) is -3.41. The molecule has 0 bridgehead atoms. The number of benzene rings is 2. The monoisotopic (exact) mass is 580 g/mol. The van der Waals surface area contributed by atoms with Crippen LogP contribution in [0.5, 0.6) is 5.75 Å². The van der Waals surface area contributed by atoms with Gasteiger partial charge in [-0.05, 0) is 37.3 Å². The molecule has 0 aliphatic carbocycles. The first-order valence-corrected chi connectivity index (χ1v) is 15.6. The van der Waals surface area contributed by atoms with Crippen LogP contribution in [0.4, 0.5) is 21.5 Å². The molecule has 9 nitrogen and oxygen atoms in total. The molecule has 0 amide bonds. The van der Waals surface area contributed by atoms with Gasteiger partial charge >= 0.3 is 5.97 Å². The number of halogens is 1. The standard InChI is InChI=1S/C27H33FN2O7S2/c1-4-6-12-27(13-7-5-2)17-29(19-8-10-20(11-9-19)30(33)34)22-14-24(38-3)23(37-16-21(28)26(31)32)15-25(22)39(35,36)18-27/h8-11,14-16H,4-7,12-13,17-18H2,1-3H3,(H,31,32)/b21-16-. The topological polar surface area (TPSA) is 127 Å². The van der Waals surface area contributed by atoms with Gasteiger partial charge in [-0.15, -0.1) is 11.8 Å². The lowest BCUT2D eigenvalue weighted by Crippen LogP contribution is -2.38. The van der Waals surface area contributed by atoms with E-state index in [4.69, 9.17) is 9.84 Å². The molecular weight excluding hydrogens is 547 g/mol. The molecule has 0 unspecified atom stereocenters. The summed E-state index contributed by atoms with van der Waals surface area (Å²) < 4.78 is 47.0. The molecule has 0 saturated heterocycles. The smallest absolute Gasteiger partial charge is 0.368 e. The highest BCUT2D eigenvalue weighted by Gasteiger charge is 2.42. The predicted molar refractivity (Wildman–Crippen MR) is 149 cm³/mol. The van der Waals surface area contributed by atoms with Crippen LogP contribution in [-0.4, -0.2) is 43.0 Å². The maximum atomic E-state index is 14.0. The van der Waals surface area contributed by atoms with Gasteiger partial charge in [-0.3, -0.25) is 10.1 Å². The number of unbranched alkanes of at least 4 members (excludes halogenated alkanes) is 2. The van der Waals surface area contributed by atoms with Gasteiger partial charge in [-0.25, -0.2) is 13.2 Å². The van der Waals surface area contributed by atoms with Crippen LogP contribution in [0.3, 0.4) is 0 Å². The number of thioether (sulfide) groups is 1. The first-order valence-electron chi connectivity index (χ1n) is 12.7. The number of aliphatic carboxylic acids is 1. The summed E-state index contributed by atoms with van der Waals surface area (Å²) in [6, 6.07) is 8.95. The van der Waals surface area contributed by atoms with Gasteiger partial charge in [0.25, 0.3) is 5.69 Å². The molecule has 3 rings (SSSR count). The zero-order valence-electron chi connectivity index (χ0n) is 22.2. The van der Waals surface area contributed by atoms with Crippen molar-refractivity contribution in [1.82, 2.24) is 0 Å². The molecule has 0 atom stereocenters. The van der Waals surface area contributed by atoms with Crippen molar-refractivity contribution in [2.24, 2.45) is 5.41 Å². The fourth-order valence-electron chi connectivity index (χ4n) is 4.87. The minimum absolute atomic E-state index is 0.0134. The second-order valence-corrected chi connectivity index (χ2v) is 12.5. The normalized spacial score (nSPS) is 16.3. The van der Waals surface area contributed by atoms with E-state index in [1.165, 1.54) is 30.0 Å². The number of nitro groups is 1. The second kappa shape index (κ2) is 12.8. The summed E-state index contributed by atoms with van der Waals surface area (Å²) in [5.41, 5.74) is 0.332. The number of rotatable bonds is 12. The van der Waals surface area contributed by atoms with Crippen molar-refractivity contribution in [3.05, 3.63) is 58.6 Å². The molecule has 2 aromatic carbocycles. The first-order chi connectivity index (χ1) is 18.5. The Labute approximate surface area is 232 Å². The van der Waals surface area contributed by atoms with E-state index in [1.807, 2.05) is 4.90 Å². The summed E-state index contributed by atoms with van der Waals surface area (Å²) in [5, 5.41) is 20.1. The second-order valence-electron chi connectivity index (χ2n) is 9.69. The minimum atomic E-state index is -3.88. The zero-order valence-corrected chi connectivity index (χ0v) is 23.8. The number of non-ortho nitro benzene ring substituents is 1. The zero-order chi connectivity index (χ0) is 28.8. The number of carboxylic acids is 1. The third kappa shape index (κ3) is 7.10. The summed E-state index contributed by atoms with van der Waals surface area (Å²) in [6.07, 6.45) is 7.02. The molecule has 0 fully saturated rings. The maximum Gasteiger partial charge on any atom is 0.368 e. The largest absolute Gasteiger partial charge is 0.476 e. The number of ether oxygens (including phenoxy) is 1. The summed E-state index contributed by atoms with van der Waals surface area (Å²) in [4.78, 5) is 24.0. The molecular formula is C27H33FN2O7S2. The number of nitro benzene ring substituents is 1. The van der Waals surface area contributed by atoms with E-state index >= 15 is 0 Å². The van der Waals surface area contributed by atoms with Gasteiger partial charge < -0.3 is 14.7 Å². The Morgan fingerprint density at radius 3 is 2.33 bits per heavy atom. The van der Waals surface area contributed by atoms with E-state index in [0.717, 1.165) is 25.7 Å². The predicted octanol–water partition coefficient (Wildman–Crippen LogP) is 6.88. The van der Waals surface area contributed by atoms with Gasteiger partial charge in [-0.2, -0.15) is 4.39 Å². The van der Waals surface area contributed by atoms with Crippen LogP contribution in [0.2, 0.25) is 0 Å². The first kappa shape index (κ1) is 30.4. The van der Waals surface area contributed by atoms with E-state index in [2.05, 4.69) is 13.8 Å². The number of hydrogen-bond acceptors (Lipinski definition) is 8. The maximum absolute atomic E-state index is 14.0. The number of carbonyl (C=O) groups is 1. The summed E-state index contributed by atoms with van der Waals surface area (Å²) >= 11 is 1.23. The third-order valence-electron chi connectivity index (χ3n) is 6.85. The number of carboxylic acid groups (broad SMARTS) is 1. The van der Waals surface area contributed by atoms with Crippen molar-refractivity contribution in [3.8, 4) is 5.75 Å². The molecule has 0 aromatic heterocycles. The van der Waals surface area contributed by atoms with Crippen LogP contribution in [0, 0.1) is 15.5 Å². The number of fused-ring (bicyclic) bond motifs is 1. The summed E-state index contributed by atoms with van der Waals surface area (Å²) in [6.45, 7) is 4.50. The highest BCUT2D eigenvalue weighted by molar-refractivity contribution is 7.98. The van der Waals surface area contributed by atoms with Gasteiger partial charge in [0.05, 0.1) is 26.2 Å². The number of hydrogen-bond donors (Lipinski definition) is 1. The van der Waals surface area contributed by atoms with Gasteiger partial charge in [0.2, 0.25) is 5.83 Å². The number of nitrogens with zero attached hydrogens (tertiary/aromatic N) is 2. The fraction of sp³-hybridized carbons (Fsp3) is 0.444. The van der Waals surface area contributed by atoms with Crippen molar-refractivity contribution in [3.63, 3.8) is 0 Å². The molecule has 0 spiro atoms. The SMILES string of the molecule is CCCCC1(CCCC)CN(c2ccc([N+](=O)[O-])cc2)c2cc(SC)c(O/C=C(\F)C(=O)O)cc2S(=O)(=O)C1. The molecule has 0 saturated carbocycles. The molecule has 1 aliphatic heterocycles. The third-order valence-corrected chi connectivity index (χ3v) is 9.60. The average molecular weight is 581 g/mol. The Hall–Kier alpha value is -3.12. The van der Waals surface area contributed by atoms with Crippen LogP contribution in [0.1, 0.15) is 52.4 Å². The lowest BCUT2D eigenvalue weighted by molar-refractivity contribution is -0.384. The van der Waals surface area contributed by atoms with Crippen molar-refractivity contribution in [2.45, 2.75) is 62.2 Å². The molecule has 39 heavy (non-hydrogen) atoms. The van der Waals surface area contributed by atoms with E-state index in [1.54, 1.807) is 24.5 Å². The van der Waals surface area contributed by atoms with E-state index < -0.39 is 32.0 Å². The van der Waals surface area contributed by atoms with Crippen molar-refractivity contribution in [1.29, 1.82) is 0 Å². The molecule has 1 aliphatic rings. The lowest BCUT2D eigenvalue weighted by atomic mass is 9.79. The van der Waals surface area contributed by atoms with Crippen LogP contribution >= 0.6 is 11.8 Å². The van der Waals surface area contributed by atoms with Crippen LogP contribution in [0.25, 0.3) is 0 Å². The molecule has 12 heteroatoms. The van der Waals surface area contributed by atoms with Gasteiger partial charge in [-0.1, -0.05) is 39.5 Å². The van der Waals surface area contributed by atoms with Crippen molar-refractivity contribution < 1.29 is 32.4 Å². The molecule has 1 heterocycles. The Morgan fingerprint density at radius 1 is 1.21 bits per heavy atom. The van der Waals surface area contributed by atoms with Gasteiger partial charge in [0.1, 0.15) is 12.0 Å². The molecule has 212 valence electrons. The lowest BCUT2D eigenvalue weighted by Gasteiger charge is -2.37. The molecule has 2 aromatic rings. The Bertz CT molecular complexity index is 1340. The highest BCUT2D eigenvalue weighted by atomic mass is 32.2. The van der Waals surface area contributed by atoms with Crippen LogP contribution in [0.15, 0.2) is 58.3 Å². The van der Waals surface area contributed by atoms with E-state index in [9.17, 15) is 27.7 Å². The Kier molecular flexibility index (Phi) is 10.0. The van der Waals surface area contributed by atoms with E-state index in [-0.39, 0.29) is 22.1 Å². The summed E-state index contributed by atoms with van der Waals surface area (Å²) in [7, 11) is -3.88. The number of anilines is 2. The fourth-order valence-corrected chi connectivity index (χ4v) is 7.52.